The van der Waals surface area contributed by atoms with E-state index in [4.69, 9.17) is 25.7 Å². The average molecular weight is 837 g/mol. The molecule has 320 valence electrons. The van der Waals surface area contributed by atoms with E-state index >= 15 is 0 Å². The molecule has 0 aliphatic carbocycles. The number of hydrogen-bond acceptors (Lipinski definition) is 15. The number of hydrogen-bond donors (Lipinski definition) is 8. The second kappa shape index (κ2) is 22.1. The maximum atomic E-state index is 12.3. The van der Waals surface area contributed by atoms with Crippen molar-refractivity contribution < 1.29 is 33.4 Å². The van der Waals surface area contributed by atoms with E-state index in [1.807, 2.05) is 48.5 Å². The molecule has 6 rings (SSSR count). The summed E-state index contributed by atoms with van der Waals surface area (Å²) in [5.41, 5.74) is 17.1. The number of nitrogens with zero attached hydrogens (tertiary/aromatic N) is 6. The van der Waals surface area contributed by atoms with Crippen molar-refractivity contribution in [2.24, 2.45) is 0 Å². The Bertz CT molecular complexity index is 2220. The molecular formula is C40H48N14O7. The number of nitrogens with one attached hydrogen (secondary N) is 6. The zero-order valence-corrected chi connectivity index (χ0v) is 33.4. The summed E-state index contributed by atoms with van der Waals surface area (Å²) in [6, 6.07) is 15.2. The van der Waals surface area contributed by atoms with Gasteiger partial charge in [-0.25, -0.2) is 9.97 Å². The fourth-order valence-electron chi connectivity index (χ4n) is 5.87. The molecule has 21 nitrogen and oxygen atoms in total. The van der Waals surface area contributed by atoms with Crippen LogP contribution in [0.2, 0.25) is 0 Å². The number of amides is 4. The van der Waals surface area contributed by atoms with Gasteiger partial charge in [0.15, 0.2) is 11.3 Å². The first-order valence-corrected chi connectivity index (χ1v) is 19.7. The Morgan fingerprint density at radius 2 is 0.902 bits per heavy atom. The van der Waals surface area contributed by atoms with E-state index in [9.17, 15) is 19.2 Å². The third-order valence-corrected chi connectivity index (χ3v) is 9.07. The summed E-state index contributed by atoms with van der Waals surface area (Å²) in [5.74, 6) is 0.131. The summed E-state index contributed by atoms with van der Waals surface area (Å²) < 4.78 is 17.1. The minimum atomic E-state index is -0.174. The summed E-state index contributed by atoms with van der Waals surface area (Å²) in [4.78, 5) is 79.3. The molecule has 0 radical (unpaired) electrons. The number of rotatable bonds is 24. The Labute approximate surface area is 349 Å². The predicted molar refractivity (Wildman–Crippen MR) is 222 cm³/mol. The third kappa shape index (κ3) is 13.8. The van der Waals surface area contributed by atoms with Gasteiger partial charge in [-0.1, -0.05) is 48.5 Å². The highest BCUT2D eigenvalue weighted by Gasteiger charge is 2.12. The van der Waals surface area contributed by atoms with E-state index in [0.29, 0.717) is 73.1 Å². The van der Waals surface area contributed by atoms with E-state index in [-0.39, 0.29) is 87.6 Å². The zero-order valence-electron chi connectivity index (χ0n) is 33.4. The second-order valence-corrected chi connectivity index (χ2v) is 13.8. The van der Waals surface area contributed by atoms with Crippen LogP contribution in [0.5, 0.6) is 11.8 Å². The van der Waals surface area contributed by atoms with Crippen molar-refractivity contribution in [3.63, 3.8) is 0 Å². The van der Waals surface area contributed by atoms with Crippen molar-refractivity contribution in [3.8, 4) is 11.8 Å². The molecule has 10 N–H and O–H groups in total. The third-order valence-electron chi connectivity index (χ3n) is 9.07. The summed E-state index contributed by atoms with van der Waals surface area (Å²) in [6.07, 6.45) is 4.66. The topological polar surface area (TPSA) is 305 Å². The van der Waals surface area contributed by atoms with Crippen molar-refractivity contribution in [3.05, 3.63) is 83.4 Å². The minimum Gasteiger partial charge on any atom is -0.471 e. The molecule has 0 saturated carbocycles. The Balaban J connectivity index is 0.721. The van der Waals surface area contributed by atoms with Gasteiger partial charge in [0.2, 0.25) is 47.3 Å². The van der Waals surface area contributed by atoms with Crippen molar-refractivity contribution in [2.45, 2.75) is 64.8 Å². The smallest absolute Gasteiger partial charge is 0.245 e. The molecule has 0 atom stereocenters. The normalized spacial score (nSPS) is 11.0. The minimum absolute atomic E-state index is 0.0724. The number of nitrogens with two attached hydrogens (primary N) is 2. The molecular weight excluding hydrogens is 789 g/mol. The lowest BCUT2D eigenvalue weighted by Gasteiger charge is -2.09. The fraction of sp³-hybridized carbons (Fsp3) is 0.350. The monoisotopic (exact) mass is 836 g/mol. The number of fused-ring (bicyclic) bond motifs is 2. The maximum absolute atomic E-state index is 12.3. The maximum Gasteiger partial charge on any atom is 0.245 e. The first kappa shape index (κ1) is 43.2. The Morgan fingerprint density at radius 3 is 1.31 bits per heavy atom. The predicted octanol–water partition coefficient (Wildman–Crippen LogP) is 1.86. The number of aromatic nitrogens is 8. The van der Waals surface area contributed by atoms with Crippen LogP contribution in [0.1, 0.15) is 60.8 Å². The van der Waals surface area contributed by atoms with Gasteiger partial charge in [0, 0.05) is 51.9 Å². The largest absolute Gasteiger partial charge is 0.471 e. The molecule has 0 aliphatic rings. The molecule has 0 spiro atoms. The van der Waals surface area contributed by atoms with Crippen LogP contribution in [0.15, 0.2) is 61.2 Å². The molecule has 21 heteroatoms. The zero-order chi connectivity index (χ0) is 42.8. The summed E-state index contributed by atoms with van der Waals surface area (Å²) in [7, 11) is 0. The number of H-pyrrole nitrogens is 2. The number of carbonyl (C=O) groups is 4. The molecule has 61 heavy (non-hydrogen) atoms. The Kier molecular flexibility index (Phi) is 15.6. The van der Waals surface area contributed by atoms with Gasteiger partial charge in [-0.15, -0.1) is 0 Å². The van der Waals surface area contributed by atoms with Gasteiger partial charge in [0.05, 0.1) is 25.9 Å². The molecule has 0 fully saturated rings. The number of anilines is 2. The number of nitrogen functional groups attached to an aromatic ring is 2. The molecule has 6 aromatic rings. The first-order chi connectivity index (χ1) is 29.7. The van der Waals surface area contributed by atoms with Crippen molar-refractivity contribution in [1.29, 1.82) is 0 Å². The van der Waals surface area contributed by atoms with Crippen LogP contribution in [0, 0.1) is 0 Å². The van der Waals surface area contributed by atoms with Crippen LogP contribution in [-0.2, 0) is 50.2 Å². The molecule has 2 aromatic carbocycles. The summed E-state index contributed by atoms with van der Waals surface area (Å²) in [5, 5.41) is 11.3. The Hall–Kier alpha value is -7.42. The van der Waals surface area contributed by atoms with Crippen LogP contribution in [0.25, 0.3) is 22.3 Å². The molecule has 4 heterocycles. The number of imidazole rings is 2. The van der Waals surface area contributed by atoms with Crippen LogP contribution < -0.4 is 42.2 Å². The quantitative estimate of drug-likeness (QED) is 0.0404. The van der Waals surface area contributed by atoms with Crippen LogP contribution in [-0.4, -0.2) is 89.8 Å². The molecule has 0 aliphatic heterocycles. The van der Waals surface area contributed by atoms with Gasteiger partial charge in [0.1, 0.15) is 24.2 Å². The SMILES string of the molecule is Nc1nc(OCc2ccc(CNC(=O)CCCC(=O)NCCOCCNC(=O)CCCC(=O)NCc3ccc(COc4nc(N)nc5nc[nH]c45)cc3)cc2)c2[nH]cnc2n1. The number of benzene rings is 2. The molecule has 0 saturated heterocycles. The van der Waals surface area contributed by atoms with Crippen LogP contribution in [0.4, 0.5) is 11.9 Å². The van der Waals surface area contributed by atoms with Crippen LogP contribution >= 0.6 is 0 Å². The molecule has 4 aromatic heterocycles. The first-order valence-electron chi connectivity index (χ1n) is 19.7. The van der Waals surface area contributed by atoms with Gasteiger partial charge in [0.25, 0.3) is 0 Å². The highest BCUT2D eigenvalue weighted by molar-refractivity contribution is 5.80. The lowest BCUT2D eigenvalue weighted by atomic mass is 10.1. The second-order valence-electron chi connectivity index (χ2n) is 13.8. The van der Waals surface area contributed by atoms with Gasteiger partial charge >= 0.3 is 0 Å². The highest BCUT2D eigenvalue weighted by atomic mass is 16.5. The van der Waals surface area contributed by atoms with E-state index in [1.54, 1.807) is 0 Å². The van der Waals surface area contributed by atoms with E-state index in [0.717, 1.165) is 22.3 Å². The van der Waals surface area contributed by atoms with Gasteiger partial charge in [-0.3, -0.25) is 19.2 Å². The summed E-state index contributed by atoms with van der Waals surface area (Å²) in [6.45, 7) is 2.41. The summed E-state index contributed by atoms with van der Waals surface area (Å²) >= 11 is 0. The average Bonchev–Trinajstić information content (AvgIpc) is 3.94. The van der Waals surface area contributed by atoms with Gasteiger partial charge < -0.3 is 56.9 Å². The number of carbonyl (C=O) groups excluding carboxylic acids is 4. The van der Waals surface area contributed by atoms with E-state index in [2.05, 4.69) is 61.1 Å². The molecule has 0 unspecified atom stereocenters. The van der Waals surface area contributed by atoms with Crippen molar-refractivity contribution in [2.75, 3.05) is 37.8 Å². The van der Waals surface area contributed by atoms with Crippen molar-refractivity contribution >= 4 is 57.9 Å². The lowest BCUT2D eigenvalue weighted by Crippen LogP contribution is -2.30. The number of aromatic amines is 2. The molecule has 0 bridgehead atoms. The number of ether oxygens (including phenoxy) is 3. The van der Waals surface area contributed by atoms with Crippen LogP contribution in [0.3, 0.4) is 0 Å². The fourth-order valence-corrected chi connectivity index (χ4v) is 5.87. The van der Waals surface area contributed by atoms with Gasteiger partial charge in [-0.2, -0.15) is 19.9 Å². The standard InChI is InChI=1S/C40H48N14O7/c41-39-51-35-33(47-23-49-35)37(53-39)60-21-27-11-7-25(8-12-27)19-45-31(57)5-1-3-29(55)43-15-17-59-18-16-44-30(56)4-2-6-32(58)46-20-26-9-13-28(14-10-26)22-61-38-34-36(50-24-48-34)52-40(42)54-38/h7-14,23-24H,1-6,15-22H2,(H,43,55)(H,44,56)(H,45,57)(H,46,58)(H3,41,47,49,51,53)(H3,42,48,50,52,54). The van der Waals surface area contributed by atoms with Crippen molar-refractivity contribution in [1.82, 2.24) is 61.1 Å². The Morgan fingerprint density at radius 1 is 0.525 bits per heavy atom. The van der Waals surface area contributed by atoms with Gasteiger partial charge in [-0.05, 0) is 35.1 Å². The lowest BCUT2D eigenvalue weighted by molar-refractivity contribution is -0.124. The molecule has 4 amide bonds. The highest BCUT2D eigenvalue weighted by Crippen LogP contribution is 2.22. The van der Waals surface area contributed by atoms with E-state index < -0.39 is 0 Å². The van der Waals surface area contributed by atoms with E-state index in [1.165, 1.54) is 12.7 Å².